The topological polar surface area (TPSA) is 35.5 Å². The third-order valence-corrected chi connectivity index (χ3v) is 3.16. The number of carbonyl (C=O) groups is 1. The van der Waals surface area contributed by atoms with Crippen LogP contribution in [-0.4, -0.2) is 20.2 Å². The molecule has 0 spiro atoms. The molecule has 0 atom stereocenters. The van der Waals surface area contributed by atoms with Crippen molar-refractivity contribution in [2.75, 3.05) is 14.2 Å². The number of halogens is 2. The molecule has 1 aromatic rings. The molecule has 0 aliphatic heterocycles. The van der Waals surface area contributed by atoms with Gasteiger partial charge in [0.1, 0.15) is 5.75 Å². The van der Waals surface area contributed by atoms with Gasteiger partial charge in [-0.3, -0.25) is 0 Å². The molecule has 0 fully saturated rings. The molecule has 0 saturated carbocycles. The third kappa shape index (κ3) is 2.38. The van der Waals surface area contributed by atoms with E-state index in [1.54, 1.807) is 13.2 Å². The number of carbonyl (C=O) groups excluding carboxylic acids is 1. The SMILES string of the molecule is COC(=O)c1cc(OC)c(Br)cc1I. The van der Waals surface area contributed by atoms with E-state index in [4.69, 9.17) is 4.74 Å². The van der Waals surface area contributed by atoms with Gasteiger partial charge in [0, 0.05) is 3.57 Å². The molecule has 0 aliphatic carbocycles. The predicted octanol–water partition coefficient (Wildman–Crippen LogP) is 2.85. The average Bonchev–Trinajstić information content (AvgIpc) is 2.17. The number of hydrogen-bond acceptors (Lipinski definition) is 3. The van der Waals surface area contributed by atoms with Crippen LogP contribution in [0.4, 0.5) is 0 Å². The van der Waals surface area contributed by atoms with Crippen LogP contribution in [0, 0.1) is 3.57 Å². The van der Waals surface area contributed by atoms with Crippen molar-refractivity contribution >= 4 is 44.5 Å². The van der Waals surface area contributed by atoms with Crippen molar-refractivity contribution in [1.29, 1.82) is 0 Å². The zero-order valence-electron chi connectivity index (χ0n) is 7.64. The van der Waals surface area contributed by atoms with E-state index in [2.05, 4.69) is 43.3 Å². The van der Waals surface area contributed by atoms with Gasteiger partial charge in [0.2, 0.25) is 0 Å². The molecule has 0 aromatic heterocycles. The molecule has 1 aromatic carbocycles. The Bertz CT molecular complexity index is 365. The van der Waals surface area contributed by atoms with Crippen LogP contribution >= 0.6 is 38.5 Å². The van der Waals surface area contributed by atoms with Gasteiger partial charge in [-0.1, -0.05) is 0 Å². The van der Waals surface area contributed by atoms with Crippen molar-refractivity contribution in [2.45, 2.75) is 0 Å². The molecule has 0 saturated heterocycles. The molecule has 0 amide bonds. The van der Waals surface area contributed by atoms with Gasteiger partial charge in [-0.15, -0.1) is 0 Å². The van der Waals surface area contributed by atoms with Crippen LogP contribution in [0.1, 0.15) is 10.4 Å². The largest absolute Gasteiger partial charge is 0.496 e. The number of rotatable bonds is 2. The zero-order chi connectivity index (χ0) is 10.7. The summed E-state index contributed by atoms with van der Waals surface area (Å²) in [5.41, 5.74) is 0.508. The molecule has 5 heteroatoms. The van der Waals surface area contributed by atoms with Crippen LogP contribution in [0.15, 0.2) is 16.6 Å². The fourth-order valence-corrected chi connectivity index (χ4v) is 2.57. The number of esters is 1. The number of hydrogen-bond donors (Lipinski definition) is 0. The van der Waals surface area contributed by atoms with Gasteiger partial charge >= 0.3 is 5.97 Å². The standard InChI is InChI=1S/C9H8BrIO3/c1-13-8-3-5(9(12)14-2)7(11)4-6(8)10/h3-4H,1-2H3. The summed E-state index contributed by atoms with van der Waals surface area (Å²) in [5.74, 6) is 0.256. The highest BCUT2D eigenvalue weighted by Crippen LogP contribution is 2.29. The van der Waals surface area contributed by atoms with Crippen LogP contribution < -0.4 is 4.74 Å². The van der Waals surface area contributed by atoms with Crippen molar-refractivity contribution in [3.05, 3.63) is 25.7 Å². The van der Waals surface area contributed by atoms with Crippen molar-refractivity contribution in [1.82, 2.24) is 0 Å². The minimum Gasteiger partial charge on any atom is -0.496 e. The lowest BCUT2D eigenvalue weighted by atomic mass is 10.2. The first kappa shape index (κ1) is 11.8. The lowest BCUT2D eigenvalue weighted by Gasteiger charge is -2.07. The van der Waals surface area contributed by atoms with E-state index in [0.29, 0.717) is 11.3 Å². The Labute approximate surface area is 104 Å². The molecule has 0 unspecified atom stereocenters. The second kappa shape index (κ2) is 4.97. The Balaban J connectivity index is 3.24. The minimum atomic E-state index is -0.361. The third-order valence-electron chi connectivity index (χ3n) is 1.65. The van der Waals surface area contributed by atoms with E-state index in [9.17, 15) is 4.79 Å². The van der Waals surface area contributed by atoms with Crippen LogP contribution in [0.3, 0.4) is 0 Å². The van der Waals surface area contributed by atoms with Gasteiger partial charge < -0.3 is 9.47 Å². The molecule has 0 radical (unpaired) electrons. The maximum absolute atomic E-state index is 11.3. The number of benzene rings is 1. The molecule has 0 aliphatic rings. The highest BCUT2D eigenvalue weighted by Gasteiger charge is 2.13. The molecule has 0 N–H and O–H groups in total. The van der Waals surface area contributed by atoms with Gasteiger partial charge in [-0.25, -0.2) is 4.79 Å². The highest BCUT2D eigenvalue weighted by molar-refractivity contribution is 14.1. The summed E-state index contributed by atoms with van der Waals surface area (Å²) < 4.78 is 11.4. The Kier molecular flexibility index (Phi) is 4.18. The second-order valence-corrected chi connectivity index (χ2v) is 4.47. The molecule has 14 heavy (non-hydrogen) atoms. The van der Waals surface area contributed by atoms with Crippen molar-refractivity contribution in [3.8, 4) is 5.75 Å². The fraction of sp³-hybridized carbons (Fsp3) is 0.222. The summed E-state index contributed by atoms with van der Waals surface area (Å²) in [6.45, 7) is 0. The lowest BCUT2D eigenvalue weighted by Crippen LogP contribution is -2.04. The van der Waals surface area contributed by atoms with Gasteiger partial charge in [0.05, 0.1) is 24.3 Å². The van der Waals surface area contributed by atoms with Crippen molar-refractivity contribution in [2.24, 2.45) is 0 Å². The Morgan fingerprint density at radius 1 is 1.43 bits per heavy atom. The molecule has 0 heterocycles. The van der Waals surface area contributed by atoms with E-state index < -0.39 is 0 Å². The first-order valence-electron chi connectivity index (χ1n) is 3.71. The van der Waals surface area contributed by atoms with Crippen LogP contribution in [0.5, 0.6) is 5.75 Å². The van der Waals surface area contributed by atoms with Gasteiger partial charge in [-0.2, -0.15) is 0 Å². The molecule has 1 rings (SSSR count). The molecule has 76 valence electrons. The Morgan fingerprint density at radius 3 is 2.57 bits per heavy atom. The maximum atomic E-state index is 11.3. The summed E-state index contributed by atoms with van der Waals surface area (Å²) in [6.07, 6.45) is 0. The van der Waals surface area contributed by atoms with Crippen molar-refractivity contribution < 1.29 is 14.3 Å². The number of methoxy groups -OCH3 is 2. The average molecular weight is 371 g/mol. The number of ether oxygens (including phenoxy) is 2. The van der Waals surface area contributed by atoms with Gasteiger partial charge in [0.25, 0.3) is 0 Å². The molecular formula is C9H8BrIO3. The first-order chi connectivity index (χ1) is 6.60. The normalized spacial score (nSPS) is 9.71. The van der Waals surface area contributed by atoms with E-state index in [-0.39, 0.29) is 5.97 Å². The summed E-state index contributed by atoms with van der Waals surface area (Å²) in [6, 6.07) is 3.46. The summed E-state index contributed by atoms with van der Waals surface area (Å²) >= 11 is 5.40. The van der Waals surface area contributed by atoms with E-state index in [0.717, 1.165) is 8.04 Å². The summed E-state index contributed by atoms with van der Waals surface area (Å²) in [4.78, 5) is 11.3. The van der Waals surface area contributed by atoms with E-state index >= 15 is 0 Å². The van der Waals surface area contributed by atoms with Gasteiger partial charge in [0.15, 0.2) is 0 Å². The van der Waals surface area contributed by atoms with Crippen LogP contribution in [0.2, 0.25) is 0 Å². The van der Waals surface area contributed by atoms with E-state index in [1.165, 1.54) is 7.11 Å². The van der Waals surface area contributed by atoms with Gasteiger partial charge in [-0.05, 0) is 50.7 Å². The van der Waals surface area contributed by atoms with E-state index in [1.807, 2.05) is 6.07 Å². The van der Waals surface area contributed by atoms with Crippen molar-refractivity contribution in [3.63, 3.8) is 0 Å². The quantitative estimate of drug-likeness (QED) is 0.593. The second-order valence-electron chi connectivity index (χ2n) is 2.46. The smallest absolute Gasteiger partial charge is 0.339 e. The highest BCUT2D eigenvalue weighted by atomic mass is 127. The molecular weight excluding hydrogens is 363 g/mol. The molecule has 0 bridgehead atoms. The monoisotopic (exact) mass is 370 g/mol. The van der Waals surface area contributed by atoms with Crippen LogP contribution in [-0.2, 0) is 4.74 Å². The maximum Gasteiger partial charge on any atom is 0.339 e. The Morgan fingerprint density at radius 2 is 2.07 bits per heavy atom. The zero-order valence-corrected chi connectivity index (χ0v) is 11.4. The fourth-order valence-electron chi connectivity index (χ4n) is 0.952. The molecule has 3 nitrogen and oxygen atoms in total. The lowest BCUT2D eigenvalue weighted by molar-refractivity contribution is 0.0599. The Hall–Kier alpha value is -0.300. The predicted molar refractivity (Wildman–Crippen MR) is 64.8 cm³/mol. The minimum absolute atomic E-state index is 0.361. The summed E-state index contributed by atoms with van der Waals surface area (Å²) in [5, 5.41) is 0. The first-order valence-corrected chi connectivity index (χ1v) is 5.58. The van der Waals surface area contributed by atoms with Crippen LogP contribution in [0.25, 0.3) is 0 Å². The summed E-state index contributed by atoms with van der Waals surface area (Å²) in [7, 11) is 2.90.